The third-order valence-corrected chi connectivity index (χ3v) is 3.56. The highest BCUT2D eigenvalue weighted by atomic mass is 32.2. The van der Waals surface area contributed by atoms with Gasteiger partial charge in [0.15, 0.2) is 16.9 Å². The Morgan fingerprint density at radius 1 is 1.27 bits per heavy atom. The molecule has 0 saturated heterocycles. The van der Waals surface area contributed by atoms with Gasteiger partial charge in [0.2, 0.25) is 5.89 Å². The fourth-order valence-corrected chi connectivity index (χ4v) is 2.32. The Bertz CT molecular complexity index is 865. The first-order valence-electron chi connectivity index (χ1n) is 6.54. The molecule has 1 N–H and O–H groups in total. The molecule has 3 rings (SSSR count). The highest BCUT2D eigenvalue weighted by molar-refractivity contribution is 8.13. The van der Waals surface area contributed by atoms with E-state index >= 15 is 0 Å². The van der Waals surface area contributed by atoms with Crippen LogP contribution in [0.25, 0.3) is 22.6 Å². The number of benzene rings is 2. The molecule has 0 atom stereocenters. The van der Waals surface area contributed by atoms with Gasteiger partial charge in [-0.3, -0.25) is 5.32 Å². The lowest BCUT2D eigenvalue weighted by Crippen LogP contribution is -2.12. The minimum Gasteiger partial charge on any atom is -0.436 e. The molecule has 0 aliphatic rings. The van der Waals surface area contributed by atoms with Crippen LogP contribution >= 0.6 is 11.8 Å². The number of hydrogen-bond acceptors (Lipinski definition) is 5. The Balaban J connectivity index is 1.99. The van der Waals surface area contributed by atoms with Crippen LogP contribution in [0, 0.1) is 11.5 Å². The van der Waals surface area contributed by atoms with E-state index in [1.165, 1.54) is 11.8 Å². The van der Waals surface area contributed by atoms with Crippen molar-refractivity contribution in [1.29, 1.82) is 5.26 Å². The Kier molecular flexibility index (Phi) is 4.08. The number of aromatic nitrogens is 1. The number of oxazole rings is 1. The van der Waals surface area contributed by atoms with Crippen molar-refractivity contribution >= 4 is 33.7 Å². The van der Waals surface area contributed by atoms with Crippen LogP contribution < -0.4 is 5.32 Å². The number of nitrogens with zero attached hydrogens (tertiary/aromatic N) is 3. The smallest absolute Gasteiger partial charge is 0.227 e. The third kappa shape index (κ3) is 2.95. The van der Waals surface area contributed by atoms with Gasteiger partial charge in [-0.2, -0.15) is 5.26 Å². The Labute approximate surface area is 131 Å². The molecule has 0 bridgehead atoms. The van der Waals surface area contributed by atoms with Gasteiger partial charge in [0.05, 0.1) is 5.69 Å². The number of rotatable bonds is 2. The van der Waals surface area contributed by atoms with Crippen molar-refractivity contribution in [2.45, 2.75) is 0 Å². The predicted molar refractivity (Wildman–Crippen MR) is 88.8 cm³/mol. The second kappa shape index (κ2) is 6.33. The van der Waals surface area contributed by atoms with Crippen LogP contribution in [0.2, 0.25) is 0 Å². The van der Waals surface area contributed by atoms with Crippen LogP contribution in [0.15, 0.2) is 57.9 Å². The van der Waals surface area contributed by atoms with Crippen molar-refractivity contribution in [1.82, 2.24) is 10.3 Å². The molecule has 0 aliphatic heterocycles. The molecule has 3 aromatic rings. The SMILES string of the molecule is CSC(=Nc1ccc2oc(-c3ccccc3)nc2c1)NC#N. The van der Waals surface area contributed by atoms with Crippen LogP contribution in [-0.2, 0) is 0 Å². The quantitative estimate of drug-likeness (QED) is 0.336. The lowest BCUT2D eigenvalue weighted by Gasteiger charge is -1.98. The van der Waals surface area contributed by atoms with E-state index in [0.717, 1.165) is 11.1 Å². The van der Waals surface area contributed by atoms with E-state index in [-0.39, 0.29) is 0 Å². The molecular weight excluding hydrogens is 296 g/mol. The summed E-state index contributed by atoms with van der Waals surface area (Å²) in [5.41, 5.74) is 3.08. The van der Waals surface area contributed by atoms with E-state index in [1.807, 2.05) is 61.0 Å². The van der Waals surface area contributed by atoms with Gasteiger partial charge in [0, 0.05) is 5.56 Å². The number of amidine groups is 1. The molecule has 0 fully saturated rings. The lowest BCUT2D eigenvalue weighted by atomic mass is 10.2. The average Bonchev–Trinajstić information content (AvgIpc) is 2.98. The van der Waals surface area contributed by atoms with Crippen molar-refractivity contribution in [3.05, 3.63) is 48.5 Å². The monoisotopic (exact) mass is 308 g/mol. The maximum Gasteiger partial charge on any atom is 0.227 e. The van der Waals surface area contributed by atoms with Crippen molar-refractivity contribution < 1.29 is 4.42 Å². The van der Waals surface area contributed by atoms with Gasteiger partial charge in [0.25, 0.3) is 0 Å². The van der Waals surface area contributed by atoms with Gasteiger partial charge in [0.1, 0.15) is 5.52 Å². The average molecular weight is 308 g/mol. The molecule has 2 aromatic carbocycles. The second-order valence-electron chi connectivity index (χ2n) is 4.39. The molecule has 0 amide bonds. The molecule has 6 heteroatoms. The zero-order valence-corrected chi connectivity index (χ0v) is 12.6. The van der Waals surface area contributed by atoms with E-state index in [1.54, 1.807) is 0 Å². The normalized spacial score (nSPS) is 11.4. The summed E-state index contributed by atoms with van der Waals surface area (Å²) in [6, 6.07) is 15.2. The summed E-state index contributed by atoms with van der Waals surface area (Å²) < 4.78 is 5.76. The van der Waals surface area contributed by atoms with E-state index in [2.05, 4.69) is 15.3 Å². The molecular formula is C16H12N4OS. The van der Waals surface area contributed by atoms with Gasteiger partial charge >= 0.3 is 0 Å². The fourth-order valence-electron chi connectivity index (χ4n) is 1.98. The number of fused-ring (bicyclic) bond motifs is 1. The molecule has 1 aromatic heterocycles. The number of thioether (sulfide) groups is 1. The minimum absolute atomic E-state index is 0.536. The van der Waals surface area contributed by atoms with Crippen molar-refractivity contribution in [2.24, 2.45) is 4.99 Å². The topological polar surface area (TPSA) is 74.2 Å². The van der Waals surface area contributed by atoms with E-state index < -0.39 is 0 Å². The maximum atomic E-state index is 8.66. The Hall–Kier alpha value is -2.78. The summed E-state index contributed by atoms with van der Waals surface area (Å²) in [4.78, 5) is 8.86. The number of nitriles is 1. The fraction of sp³-hybridized carbons (Fsp3) is 0.0625. The first-order chi connectivity index (χ1) is 10.8. The molecule has 0 radical (unpaired) electrons. The van der Waals surface area contributed by atoms with Crippen LogP contribution in [0.1, 0.15) is 0 Å². The third-order valence-electron chi connectivity index (χ3n) is 2.98. The molecule has 5 nitrogen and oxygen atoms in total. The van der Waals surface area contributed by atoms with Crippen LogP contribution in [-0.4, -0.2) is 16.4 Å². The molecule has 108 valence electrons. The van der Waals surface area contributed by atoms with Crippen LogP contribution in [0.5, 0.6) is 0 Å². The summed E-state index contributed by atoms with van der Waals surface area (Å²) in [6.07, 6.45) is 3.72. The lowest BCUT2D eigenvalue weighted by molar-refractivity contribution is 0.620. The summed E-state index contributed by atoms with van der Waals surface area (Å²) in [6.45, 7) is 0. The van der Waals surface area contributed by atoms with E-state index in [0.29, 0.717) is 22.3 Å². The van der Waals surface area contributed by atoms with Gasteiger partial charge < -0.3 is 4.42 Å². The van der Waals surface area contributed by atoms with Gasteiger partial charge in [-0.25, -0.2) is 9.98 Å². The summed E-state index contributed by atoms with van der Waals surface area (Å²) >= 11 is 1.37. The zero-order valence-electron chi connectivity index (χ0n) is 11.8. The molecule has 0 unspecified atom stereocenters. The first kappa shape index (κ1) is 14.2. The summed E-state index contributed by atoms with van der Waals surface area (Å²) in [5, 5.41) is 11.7. The van der Waals surface area contributed by atoms with Gasteiger partial charge in [-0.1, -0.05) is 30.0 Å². The number of hydrogen-bond donors (Lipinski definition) is 1. The summed E-state index contributed by atoms with van der Waals surface area (Å²) in [5.74, 6) is 0.581. The zero-order chi connectivity index (χ0) is 15.4. The van der Waals surface area contributed by atoms with Crippen LogP contribution in [0.3, 0.4) is 0 Å². The molecule has 0 saturated carbocycles. The highest BCUT2D eigenvalue weighted by Crippen LogP contribution is 2.27. The second-order valence-corrected chi connectivity index (χ2v) is 5.19. The predicted octanol–water partition coefficient (Wildman–Crippen LogP) is 3.92. The number of nitrogens with one attached hydrogen (secondary N) is 1. The van der Waals surface area contributed by atoms with Gasteiger partial charge in [-0.15, -0.1) is 0 Å². The first-order valence-corrected chi connectivity index (χ1v) is 7.76. The Morgan fingerprint density at radius 3 is 2.82 bits per heavy atom. The standard InChI is InChI=1S/C16H12N4OS/c1-22-16(18-10-17)19-12-7-8-14-13(9-12)20-15(21-14)11-5-3-2-4-6-11/h2-9H,1H3,(H,18,19). The van der Waals surface area contributed by atoms with E-state index in [9.17, 15) is 0 Å². The molecule has 22 heavy (non-hydrogen) atoms. The van der Waals surface area contributed by atoms with Crippen molar-refractivity contribution in [3.63, 3.8) is 0 Å². The minimum atomic E-state index is 0.536. The molecule has 0 aliphatic carbocycles. The highest BCUT2D eigenvalue weighted by Gasteiger charge is 2.08. The maximum absolute atomic E-state index is 8.66. The van der Waals surface area contributed by atoms with Crippen molar-refractivity contribution in [3.8, 4) is 17.6 Å². The van der Waals surface area contributed by atoms with Gasteiger partial charge in [-0.05, 0) is 36.6 Å². The largest absolute Gasteiger partial charge is 0.436 e. The van der Waals surface area contributed by atoms with E-state index in [4.69, 9.17) is 9.68 Å². The Morgan fingerprint density at radius 2 is 2.09 bits per heavy atom. The molecule has 1 heterocycles. The number of aliphatic imine (C=N–C) groups is 1. The van der Waals surface area contributed by atoms with Crippen molar-refractivity contribution in [2.75, 3.05) is 6.26 Å². The molecule has 0 spiro atoms. The summed E-state index contributed by atoms with van der Waals surface area (Å²) in [7, 11) is 0. The van der Waals surface area contributed by atoms with Crippen LogP contribution in [0.4, 0.5) is 5.69 Å².